The van der Waals surface area contributed by atoms with Gasteiger partial charge in [-0.15, -0.1) is 0 Å². The summed E-state index contributed by atoms with van der Waals surface area (Å²) in [6.45, 7) is 3.31. The molecule has 1 saturated heterocycles. The molecule has 2 heterocycles. The standard InChI is InChI=1S/C12H17N3O5/c1-7-8(2)12(6-16,5-13-19)20-10(7)15-4-3-9(17)14-11(15)18/h3-5,7-8,10,16,19H,6H2,1-2H3,(H,14,17,18)/b13-5+. The third-order valence-electron chi connectivity index (χ3n) is 4.00. The van der Waals surface area contributed by atoms with Crippen molar-refractivity contribution in [1.82, 2.24) is 9.55 Å². The van der Waals surface area contributed by atoms with Gasteiger partial charge in [0.05, 0.1) is 12.8 Å². The van der Waals surface area contributed by atoms with E-state index in [1.54, 1.807) is 0 Å². The van der Waals surface area contributed by atoms with Crippen molar-refractivity contribution in [2.75, 3.05) is 6.61 Å². The van der Waals surface area contributed by atoms with Gasteiger partial charge in [-0.3, -0.25) is 14.3 Å². The van der Waals surface area contributed by atoms with E-state index in [0.717, 1.165) is 6.21 Å². The lowest BCUT2D eigenvalue weighted by atomic mass is 9.84. The van der Waals surface area contributed by atoms with E-state index in [1.165, 1.54) is 16.8 Å². The highest BCUT2D eigenvalue weighted by Gasteiger charge is 2.51. The van der Waals surface area contributed by atoms with E-state index in [9.17, 15) is 14.7 Å². The lowest BCUT2D eigenvalue weighted by Crippen LogP contribution is -2.41. The minimum absolute atomic E-state index is 0.135. The summed E-state index contributed by atoms with van der Waals surface area (Å²) in [6, 6.07) is 1.22. The molecule has 8 heteroatoms. The fourth-order valence-electron chi connectivity index (χ4n) is 2.54. The van der Waals surface area contributed by atoms with Crippen LogP contribution < -0.4 is 11.2 Å². The van der Waals surface area contributed by atoms with Crippen molar-refractivity contribution in [3.05, 3.63) is 33.1 Å². The Bertz CT molecular complexity index is 622. The van der Waals surface area contributed by atoms with Crippen LogP contribution in [0.2, 0.25) is 0 Å². The third-order valence-corrected chi connectivity index (χ3v) is 4.00. The number of aromatic amines is 1. The Morgan fingerprint density at radius 3 is 2.80 bits per heavy atom. The summed E-state index contributed by atoms with van der Waals surface area (Å²) in [4.78, 5) is 25.1. The zero-order valence-electron chi connectivity index (χ0n) is 11.2. The lowest BCUT2D eigenvalue weighted by Gasteiger charge is -2.26. The molecule has 1 fully saturated rings. The van der Waals surface area contributed by atoms with Gasteiger partial charge in [-0.1, -0.05) is 19.0 Å². The Kier molecular flexibility index (Phi) is 3.78. The van der Waals surface area contributed by atoms with Crippen LogP contribution in [0.3, 0.4) is 0 Å². The number of hydrogen-bond acceptors (Lipinski definition) is 6. The smallest absolute Gasteiger partial charge is 0.330 e. The Hall–Kier alpha value is -1.93. The Morgan fingerprint density at radius 2 is 2.25 bits per heavy atom. The zero-order valence-corrected chi connectivity index (χ0v) is 11.2. The molecular weight excluding hydrogens is 266 g/mol. The van der Waals surface area contributed by atoms with Crippen LogP contribution in [0.5, 0.6) is 0 Å². The van der Waals surface area contributed by atoms with Gasteiger partial charge in [0.15, 0.2) is 0 Å². The maximum absolute atomic E-state index is 11.8. The second-order valence-electron chi connectivity index (χ2n) is 5.03. The van der Waals surface area contributed by atoms with Crippen molar-refractivity contribution in [1.29, 1.82) is 0 Å². The van der Waals surface area contributed by atoms with Gasteiger partial charge < -0.3 is 15.1 Å². The molecule has 0 aliphatic carbocycles. The van der Waals surface area contributed by atoms with E-state index < -0.39 is 23.1 Å². The maximum Gasteiger partial charge on any atom is 0.330 e. The average Bonchev–Trinajstić information content (AvgIpc) is 2.65. The molecular formula is C12H17N3O5. The SMILES string of the molecule is CC1C(n2ccc(=O)[nH]c2=O)OC(/C=N/O)(CO)C1C. The number of H-pyrrole nitrogens is 1. The van der Waals surface area contributed by atoms with E-state index in [4.69, 9.17) is 9.94 Å². The van der Waals surface area contributed by atoms with Crippen molar-refractivity contribution in [2.45, 2.75) is 25.7 Å². The second kappa shape index (κ2) is 5.22. The fourth-order valence-corrected chi connectivity index (χ4v) is 2.54. The molecule has 1 aromatic rings. The van der Waals surface area contributed by atoms with Crippen LogP contribution in [0.15, 0.2) is 27.0 Å². The number of ether oxygens (including phenoxy) is 1. The van der Waals surface area contributed by atoms with Crippen molar-refractivity contribution in [2.24, 2.45) is 17.0 Å². The molecule has 0 radical (unpaired) electrons. The van der Waals surface area contributed by atoms with Gasteiger partial charge >= 0.3 is 5.69 Å². The van der Waals surface area contributed by atoms with Crippen LogP contribution in [0.1, 0.15) is 20.1 Å². The first kappa shape index (κ1) is 14.5. The van der Waals surface area contributed by atoms with E-state index in [0.29, 0.717) is 0 Å². The van der Waals surface area contributed by atoms with E-state index in [1.807, 2.05) is 13.8 Å². The molecule has 20 heavy (non-hydrogen) atoms. The zero-order chi connectivity index (χ0) is 14.9. The summed E-state index contributed by atoms with van der Waals surface area (Å²) in [5.74, 6) is -0.323. The van der Waals surface area contributed by atoms with Crippen LogP contribution in [0.4, 0.5) is 0 Å². The molecule has 0 aromatic carbocycles. The quantitative estimate of drug-likeness (QED) is 0.394. The molecule has 8 nitrogen and oxygen atoms in total. The Morgan fingerprint density at radius 1 is 1.55 bits per heavy atom. The van der Waals surface area contributed by atoms with Gasteiger partial charge in [-0.25, -0.2) is 4.79 Å². The highest BCUT2D eigenvalue weighted by Crippen LogP contribution is 2.43. The number of nitrogens with zero attached hydrogens (tertiary/aromatic N) is 2. The number of hydrogen-bond donors (Lipinski definition) is 3. The van der Waals surface area contributed by atoms with Gasteiger partial charge in [0.1, 0.15) is 11.8 Å². The van der Waals surface area contributed by atoms with Crippen molar-refractivity contribution in [3.63, 3.8) is 0 Å². The number of rotatable bonds is 3. The molecule has 3 N–H and O–H groups in total. The van der Waals surface area contributed by atoms with Crippen LogP contribution in [0, 0.1) is 11.8 Å². The highest BCUT2D eigenvalue weighted by molar-refractivity contribution is 5.69. The normalized spacial score (nSPS) is 33.9. The third kappa shape index (κ3) is 2.16. The van der Waals surface area contributed by atoms with Gasteiger partial charge in [-0.05, 0) is 5.92 Å². The monoisotopic (exact) mass is 283 g/mol. The van der Waals surface area contributed by atoms with Gasteiger partial charge in [0, 0.05) is 18.2 Å². The summed E-state index contributed by atoms with van der Waals surface area (Å²) in [6.07, 6.45) is 1.81. The number of aliphatic hydroxyl groups is 1. The predicted octanol–water partition coefficient (Wildman–Crippen LogP) is -0.471. The number of nitrogens with one attached hydrogen (secondary N) is 1. The van der Waals surface area contributed by atoms with E-state index >= 15 is 0 Å². The summed E-state index contributed by atoms with van der Waals surface area (Å²) in [5, 5.41) is 21.2. The topological polar surface area (TPSA) is 117 Å². The Labute approximate surface area is 114 Å². The fraction of sp³-hybridized carbons (Fsp3) is 0.583. The minimum Gasteiger partial charge on any atom is -0.411 e. The van der Waals surface area contributed by atoms with Crippen LogP contribution in [-0.4, -0.2) is 38.3 Å². The van der Waals surface area contributed by atoms with Crippen LogP contribution in [-0.2, 0) is 4.74 Å². The van der Waals surface area contributed by atoms with Crippen molar-refractivity contribution >= 4 is 6.21 Å². The van der Waals surface area contributed by atoms with Gasteiger partial charge in [-0.2, -0.15) is 0 Å². The molecule has 1 aliphatic rings. The summed E-state index contributed by atoms with van der Waals surface area (Å²) in [5.41, 5.74) is -2.24. The second-order valence-corrected chi connectivity index (χ2v) is 5.03. The predicted molar refractivity (Wildman–Crippen MR) is 69.9 cm³/mol. The summed E-state index contributed by atoms with van der Waals surface area (Å²) < 4.78 is 7.01. The van der Waals surface area contributed by atoms with Gasteiger partial charge in [0.25, 0.3) is 5.56 Å². The Balaban J connectivity index is 2.45. The average molecular weight is 283 g/mol. The number of oxime groups is 1. The van der Waals surface area contributed by atoms with Crippen molar-refractivity contribution < 1.29 is 15.1 Å². The molecule has 110 valence electrons. The first-order chi connectivity index (χ1) is 9.45. The first-order valence-corrected chi connectivity index (χ1v) is 6.24. The lowest BCUT2D eigenvalue weighted by molar-refractivity contribution is -0.0700. The molecule has 4 unspecified atom stereocenters. The van der Waals surface area contributed by atoms with E-state index in [-0.39, 0.29) is 18.4 Å². The summed E-state index contributed by atoms with van der Waals surface area (Å²) >= 11 is 0. The number of aliphatic hydroxyl groups excluding tert-OH is 1. The highest BCUT2D eigenvalue weighted by atomic mass is 16.5. The molecule has 4 atom stereocenters. The molecule has 1 aromatic heterocycles. The molecule has 1 aliphatic heterocycles. The molecule has 0 amide bonds. The number of aromatic nitrogens is 2. The molecule has 2 rings (SSSR count). The van der Waals surface area contributed by atoms with Crippen LogP contribution >= 0.6 is 0 Å². The van der Waals surface area contributed by atoms with E-state index in [2.05, 4.69) is 10.1 Å². The van der Waals surface area contributed by atoms with Crippen LogP contribution in [0.25, 0.3) is 0 Å². The molecule has 0 bridgehead atoms. The van der Waals surface area contributed by atoms with Gasteiger partial charge in [0.2, 0.25) is 0 Å². The maximum atomic E-state index is 11.8. The first-order valence-electron chi connectivity index (χ1n) is 6.24. The summed E-state index contributed by atoms with van der Waals surface area (Å²) in [7, 11) is 0. The van der Waals surface area contributed by atoms with Crippen molar-refractivity contribution in [3.8, 4) is 0 Å². The molecule has 0 spiro atoms. The molecule has 0 saturated carbocycles. The largest absolute Gasteiger partial charge is 0.411 e. The minimum atomic E-state index is -1.16.